The standard InChI is InChI=1S/C19H17BrO3/c1-2-3-10-22-16-7-5-4-6-13(16)11-18-19(21)15-12-14(20)8-9-17(15)23-18/h4-9,11-12H,2-3,10H2,1H3/b18-11-. The number of carbonyl (C=O) groups excluding carboxylic acids is 1. The molecule has 3 nitrogen and oxygen atoms in total. The van der Waals surface area contributed by atoms with Crippen molar-refractivity contribution in [2.75, 3.05) is 6.61 Å². The normalized spacial score (nSPS) is 14.7. The fourth-order valence-corrected chi connectivity index (χ4v) is 2.72. The number of hydrogen-bond acceptors (Lipinski definition) is 3. The summed E-state index contributed by atoms with van der Waals surface area (Å²) in [6.45, 7) is 2.79. The summed E-state index contributed by atoms with van der Waals surface area (Å²) >= 11 is 3.38. The first-order valence-electron chi connectivity index (χ1n) is 7.64. The Hall–Kier alpha value is -2.07. The van der Waals surface area contributed by atoms with Crippen LogP contribution in [0.1, 0.15) is 35.7 Å². The van der Waals surface area contributed by atoms with Crippen LogP contribution in [-0.2, 0) is 0 Å². The van der Waals surface area contributed by atoms with E-state index in [4.69, 9.17) is 9.47 Å². The molecule has 0 N–H and O–H groups in total. The molecule has 0 saturated heterocycles. The monoisotopic (exact) mass is 372 g/mol. The number of allylic oxidation sites excluding steroid dienone is 1. The van der Waals surface area contributed by atoms with E-state index >= 15 is 0 Å². The van der Waals surface area contributed by atoms with Crippen LogP contribution in [0, 0.1) is 0 Å². The summed E-state index contributed by atoms with van der Waals surface area (Å²) in [4.78, 5) is 12.5. The number of fused-ring (bicyclic) bond motifs is 1. The van der Waals surface area contributed by atoms with Crippen molar-refractivity contribution < 1.29 is 14.3 Å². The summed E-state index contributed by atoms with van der Waals surface area (Å²) in [5.74, 6) is 1.57. The summed E-state index contributed by atoms with van der Waals surface area (Å²) in [7, 11) is 0. The number of Topliss-reactive ketones (excluding diaryl/α,β-unsaturated/α-hetero) is 1. The topological polar surface area (TPSA) is 35.5 Å². The highest BCUT2D eigenvalue weighted by Crippen LogP contribution is 2.34. The molecular formula is C19H17BrO3. The van der Waals surface area contributed by atoms with E-state index in [0.29, 0.717) is 23.7 Å². The number of unbranched alkanes of at least 4 members (excludes halogenated alkanes) is 1. The third kappa shape index (κ3) is 3.48. The number of ether oxygens (including phenoxy) is 2. The Labute approximate surface area is 144 Å². The van der Waals surface area contributed by atoms with Gasteiger partial charge in [-0.25, -0.2) is 0 Å². The van der Waals surface area contributed by atoms with Crippen molar-refractivity contribution in [3.05, 3.63) is 63.8 Å². The Morgan fingerprint density at radius 1 is 1.22 bits per heavy atom. The first-order valence-corrected chi connectivity index (χ1v) is 8.44. The fraction of sp³-hybridized carbons (Fsp3) is 0.211. The maximum Gasteiger partial charge on any atom is 0.232 e. The molecule has 1 aliphatic heterocycles. The zero-order valence-electron chi connectivity index (χ0n) is 12.8. The molecule has 2 aromatic rings. The number of benzene rings is 2. The summed E-state index contributed by atoms with van der Waals surface area (Å²) < 4.78 is 12.4. The number of ketones is 1. The van der Waals surface area contributed by atoms with Gasteiger partial charge in [-0.1, -0.05) is 47.5 Å². The van der Waals surface area contributed by atoms with Gasteiger partial charge in [0.05, 0.1) is 12.2 Å². The van der Waals surface area contributed by atoms with Gasteiger partial charge in [0.15, 0.2) is 5.76 Å². The van der Waals surface area contributed by atoms with Crippen molar-refractivity contribution in [3.8, 4) is 11.5 Å². The Morgan fingerprint density at radius 2 is 2.04 bits per heavy atom. The predicted octanol–water partition coefficient (Wildman–Crippen LogP) is 5.24. The molecule has 118 valence electrons. The SMILES string of the molecule is CCCCOc1ccccc1/C=C1\Oc2ccc(Br)cc2C1=O. The second kappa shape index (κ2) is 7.01. The van der Waals surface area contributed by atoms with Crippen LogP contribution in [0.2, 0.25) is 0 Å². The summed E-state index contributed by atoms with van der Waals surface area (Å²) in [6.07, 6.45) is 3.83. The van der Waals surface area contributed by atoms with Gasteiger partial charge < -0.3 is 9.47 Å². The van der Waals surface area contributed by atoms with E-state index < -0.39 is 0 Å². The molecule has 0 saturated carbocycles. The minimum absolute atomic E-state index is 0.107. The van der Waals surface area contributed by atoms with Crippen LogP contribution in [0.3, 0.4) is 0 Å². The van der Waals surface area contributed by atoms with Gasteiger partial charge in [0, 0.05) is 10.0 Å². The molecule has 0 atom stereocenters. The second-order valence-corrected chi connectivity index (χ2v) is 6.24. The highest BCUT2D eigenvalue weighted by molar-refractivity contribution is 9.10. The van der Waals surface area contributed by atoms with E-state index in [1.807, 2.05) is 30.3 Å². The van der Waals surface area contributed by atoms with Crippen molar-refractivity contribution in [3.63, 3.8) is 0 Å². The lowest BCUT2D eigenvalue weighted by Crippen LogP contribution is -2.01. The van der Waals surface area contributed by atoms with Crippen molar-refractivity contribution >= 4 is 27.8 Å². The van der Waals surface area contributed by atoms with E-state index in [1.165, 1.54) is 0 Å². The number of hydrogen-bond donors (Lipinski definition) is 0. The lowest BCUT2D eigenvalue weighted by molar-refractivity contribution is 0.101. The largest absolute Gasteiger partial charge is 0.493 e. The molecule has 0 bridgehead atoms. The minimum atomic E-state index is -0.107. The molecule has 2 aromatic carbocycles. The van der Waals surface area contributed by atoms with Crippen molar-refractivity contribution in [2.24, 2.45) is 0 Å². The molecule has 0 spiro atoms. The molecule has 0 aromatic heterocycles. The van der Waals surface area contributed by atoms with Gasteiger partial charge in [0.2, 0.25) is 5.78 Å². The van der Waals surface area contributed by atoms with Gasteiger partial charge in [0.25, 0.3) is 0 Å². The molecule has 0 fully saturated rings. The van der Waals surface area contributed by atoms with E-state index in [0.717, 1.165) is 28.6 Å². The smallest absolute Gasteiger partial charge is 0.232 e. The zero-order chi connectivity index (χ0) is 16.2. The van der Waals surface area contributed by atoms with Crippen LogP contribution in [-0.4, -0.2) is 12.4 Å². The van der Waals surface area contributed by atoms with E-state index in [2.05, 4.69) is 22.9 Å². The predicted molar refractivity (Wildman–Crippen MR) is 93.9 cm³/mol. The van der Waals surface area contributed by atoms with Crippen LogP contribution in [0.4, 0.5) is 0 Å². The van der Waals surface area contributed by atoms with Crippen LogP contribution >= 0.6 is 15.9 Å². The van der Waals surface area contributed by atoms with Crippen LogP contribution in [0.25, 0.3) is 6.08 Å². The lowest BCUT2D eigenvalue weighted by atomic mass is 10.1. The molecule has 4 heteroatoms. The Morgan fingerprint density at radius 3 is 2.87 bits per heavy atom. The van der Waals surface area contributed by atoms with Crippen LogP contribution < -0.4 is 9.47 Å². The van der Waals surface area contributed by atoms with Gasteiger partial charge in [-0.3, -0.25) is 4.79 Å². The first-order chi connectivity index (χ1) is 11.2. The Bertz CT molecular complexity index is 765. The maximum absolute atomic E-state index is 12.5. The van der Waals surface area contributed by atoms with E-state index in [1.54, 1.807) is 18.2 Å². The van der Waals surface area contributed by atoms with E-state index in [9.17, 15) is 4.79 Å². The second-order valence-electron chi connectivity index (χ2n) is 5.32. The zero-order valence-corrected chi connectivity index (χ0v) is 14.4. The lowest BCUT2D eigenvalue weighted by Gasteiger charge is -2.08. The highest BCUT2D eigenvalue weighted by Gasteiger charge is 2.27. The van der Waals surface area contributed by atoms with Gasteiger partial charge in [-0.15, -0.1) is 0 Å². The number of rotatable bonds is 5. The number of para-hydroxylation sites is 1. The van der Waals surface area contributed by atoms with Crippen molar-refractivity contribution in [1.82, 2.24) is 0 Å². The molecule has 0 unspecified atom stereocenters. The molecule has 0 aliphatic carbocycles. The summed E-state index contributed by atoms with van der Waals surface area (Å²) in [5, 5.41) is 0. The molecule has 23 heavy (non-hydrogen) atoms. The Kier molecular flexibility index (Phi) is 4.82. The molecular weight excluding hydrogens is 356 g/mol. The minimum Gasteiger partial charge on any atom is -0.493 e. The number of carbonyl (C=O) groups is 1. The van der Waals surface area contributed by atoms with Crippen molar-refractivity contribution in [2.45, 2.75) is 19.8 Å². The van der Waals surface area contributed by atoms with Crippen LogP contribution in [0.15, 0.2) is 52.7 Å². The van der Waals surface area contributed by atoms with Gasteiger partial charge in [-0.2, -0.15) is 0 Å². The number of halogens is 1. The van der Waals surface area contributed by atoms with Crippen molar-refractivity contribution in [1.29, 1.82) is 0 Å². The molecule has 0 amide bonds. The third-order valence-electron chi connectivity index (χ3n) is 3.59. The third-order valence-corrected chi connectivity index (χ3v) is 4.08. The summed E-state index contributed by atoms with van der Waals surface area (Å²) in [5.41, 5.74) is 1.42. The molecule has 1 heterocycles. The average molecular weight is 373 g/mol. The molecule has 3 rings (SSSR count). The Balaban J connectivity index is 1.87. The van der Waals surface area contributed by atoms with Gasteiger partial charge in [0.1, 0.15) is 11.5 Å². The quantitative estimate of drug-likeness (QED) is 0.531. The average Bonchev–Trinajstić information content (AvgIpc) is 2.85. The first kappa shape index (κ1) is 15.8. The van der Waals surface area contributed by atoms with E-state index in [-0.39, 0.29) is 5.78 Å². The molecule has 0 radical (unpaired) electrons. The maximum atomic E-state index is 12.5. The van der Waals surface area contributed by atoms with Gasteiger partial charge in [-0.05, 0) is 36.8 Å². The fourth-order valence-electron chi connectivity index (χ4n) is 2.36. The van der Waals surface area contributed by atoms with Gasteiger partial charge >= 0.3 is 0 Å². The summed E-state index contributed by atoms with van der Waals surface area (Å²) in [6, 6.07) is 13.1. The molecule has 1 aliphatic rings. The van der Waals surface area contributed by atoms with Crippen LogP contribution in [0.5, 0.6) is 11.5 Å². The highest BCUT2D eigenvalue weighted by atomic mass is 79.9.